The number of nitrogens with zero attached hydrogens (tertiary/aromatic N) is 3. The van der Waals surface area contributed by atoms with Crippen molar-refractivity contribution in [3.05, 3.63) is 46.8 Å². The highest BCUT2D eigenvalue weighted by molar-refractivity contribution is 7.99. The second-order valence-electron chi connectivity index (χ2n) is 6.40. The average Bonchev–Trinajstić information content (AvgIpc) is 3.05. The number of benzene rings is 1. The topological polar surface area (TPSA) is 84.7 Å². The molecule has 0 aliphatic carbocycles. The molecule has 0 unspecified atom stereocenters. The number of carbonyl (C=O) groups excluding carboxylic acids is 1. The van der Waals surface area contributed by atoms with Gasteiger partial charge in [0.1, 0.15) is 5.75 Å². The molecule has 3 rings (SSSR count). The van der Waals surface area contributed by atoms with E-state index in [0.717, 1.165) is 23.4 Å². The van der Waals surface area contributed by atoms with Gasteiger partial charge in [0.15, 0.2) is 5.69 Å². The normalized spacial score (nSPS) is 13.3. The number of ether oxygens (including phenoxy) is 1. The molecule has 0 spiro atoms. The zero-order valence-corrected chi connectivity index (χ0v) is 16.3. The summed E-state index contributed by atoms with van der Waals surface area (Å²) < 4.78 is 6.96. The van der Waals surface area contributed by atoms with Gasteiger partial charge in [-0.25, -0.2) is 4.79 Å². The van der Waals surface area contributed by atoms with E-state index in [-0.39, 0.29) is 11.6 Å². The van der Waals surface area contributed by atoms with Crippen LogP contribution < -0.4 is 4.74 Å². The third-order valence-corrected chi connectivity index (χ3v) is 5.26. The Morgan fingerprint density at radius 2 is 2.04 bits per heavy atom. The van der Waals surface area contributed by atoms with Crippen LogP contribution in [0.4, 0.5) is 0 Å². The summed E-state index contributed by atoms with van der Waals surface area (Å²) in [7, 11) is 1.63. The zero-order chi connectivity index (χ0) is 19.4. The molecule has 27 heavy (non-hydrogen) atoms. The first-order valence-electron chi connectivity index (χ1n) is 8.75. The minimum atomic E-state index is -1.05. The van der Waals surface area contributed by atoms with Crippen LogP contribution in [0, 0.1) is 0 Å². The van der Waals surface area contributed by atoms with Crippen molar-refractivity contribution in [2.45, 2.75) is 25.9 Å². The highest BCUT2D eigenvalue weighted by atomic mass is 32.2. The Kier molecular flexibility index (Phi) is 6.05. The van der Waals surface area contributed by atoms with Gasteiger partial charge in [-0.2, -0.15) is 16.9 Å². The number of aromatic carboxylic acids is 1. The summed E-state index contributed by atoms with van der Waals surface area (Å²) >= 11 is 1.47. The number of hydrogen-bond acceptors (Lipinski definition) is 5. The van der Waals surface area contributed by atoms with Crippen molar-refractivity contribution in [1.82, 2.24) is 14.7 Å². The third-order valence-electron chi connectivity index (χ3n) is 4.73. The standard InChI is InChI=1S/C19H23N3O4S/c1-26-14-5-3-13(4-6-14)7-10-22-16-8-9-21(17(23)12-27-2)11-15(16)18(20-22)19(24)25/h3-6H,7-12H2,1-2H3,(H,24,25). The molecule has 1 aliphatic rings. The smallest absolute Gasteiger partial charge is 0.356 e. The number of carboxylic acid groups (broad SMARTS) is 1. The number of thioether (sulfide) groups is 1. The van der Waals surface area contributed by atoms with Crippen LogP contribution in [-0.4, -0.2) is 57.3 Å². The van der Waals surface area contributed by atoms with E-state index in [0.29, 0.717) is 37.4 Å². The van der Waals surface area contributed by atoms with Gasteiger partial charge in [-0.1, -0.05) is 12.1 Å². The molecule has 1 aliphatic heterocycles. The number of amides is 1. The van der Waals surface area contributed by atoms with Gasteiger partial charge in [0, 0.05) is 37.3 Å². The van der Waals surface area contributed by atoms with E-state index >= 15 is 0 Å². The molecule has 0 saturated heterocycles. The predicted octanol–water partition coefficient (Wildman–Crippen LogP) is 2.08. The lowest BCUT2D eigenvalue weighted by molar-refractivity contribution is -0.129. The first-order chi connectivity index (χ1) is 13.0. The molecule has 1 N–H and O–H groups in total. The monoisotopic (exact) mass is 389 g/mol. The lowest BCUT2D eigenvalue weighted by atomic mass is 10.0. The maximum Gasteiger partial charge on any atom is 0.356 e. The van der Waals surface area contributed by atoms with Gasteiger partial charge in [-0.3, -0.25) is 9.48 Å². The largest absolute Gasteiger partial charge is 0.497 e. The number of hydrogen-bond donors (Lipinski definition) is 1. The molecule has 1 aromatic carbocycles. The van der Waals surface area contributed by atoms with Crippen LogP contribution in [0.2, 0.25) is 0 Å². The van der Waals surface area contributed by atoms with Gasteiger partial charge in [-0.05, 0) is 30.4 Å². The molecule has 0 fully saturated rings. The number of rotatable bonds is 7. The third kappa shape index (κ3) is 4.27. The lowest BCUT2D eigenvalue weighted by Gasteiger charge is -2.27. The van der Waals surface area contributed by atoms with Crippen molar-refractivity contribution in [3.8, 4) is 5.75 Å². The maximum absolute atomic E-state index is 12.2. The Morgan fingerprint density at radius 1 is 1.30 bits per heavy atom. The number of aromatic nitrogens is 2. The van der Waals surface area contributed by atoms with Crippen LogP contribution >= 0.6 is 11.8 Å². The van der Waals surface area contributed by atoms with Crippen molar-refractivity contribution in [2.24, 2.45) is 0 Å². The van der Waals surface area contributed by atoms with Crippen LogP contribution in [0.3, 0.4) is 0 Å². The Morgan fingerprint density at radius 3 is 2.67 bits per heavy atom. The molecule has 2 heterocycles. The van der Waals surface area contributed by atoms with E-state index in [1.165, 1.54) is 11.8 Å². The highest BCUT2D eigenvalue weighted by Gasteiger charge is 2.29. The van der Waals surface area contributed by atoms with Crippen LogP contribution in [0.15, 0.2) is 24.3 Å². The highest BCUT2D eigenvalue weighted by Crippen LogP contribution is 2.24. The Labute approximate surface area is 162 Å². The van der Waals surface area contributed by atoms with E-state index in [2.05, 4.69) is 5.10 Å². The molecule has 1 amide bonds. The molecule has 0 atom stereocenters. The molecular formula is C19H23N3O4S. The first kappa shape index (κ1) is 19.3. The molecular weight excluding hydrogens is 366 g/mol. The molecule has 0 radical (unpaired) electrons. The van der Waals surface area contributed by atoms with E-state index in [9.17, 15) is 14.7 Å². The number of methoxy groups -OCH3 is 1. The Hall–Kier alpha value is -2.48. The Balaban J connectivity index is 1.78. The zero-order valence-electron chi connectivity index (χ0n) is 15.5. The van der Waals surface area contributed by atoms with Gasteiger partial charge >= 0.3 is 5.97 Å². The molecule has 1 aromatic heterocycles. The molecule has 2 aromatic rings. The predicted molar refractivity (Wildman–Crippen MR) is 103 cm³/mol. The number of carboxylic acids is 1. The van der Waals surface area contributed by atoms with E-state index in [1.807, 2.05) is 30.5 Å². The second kappa shape index (κ2) is 8.47. The fourth-order valence-electron chi connectivity index (χ4n) is 3.30. The molecule has 0 bridgehead atoms. The summed E-state index contributed by atoms with van der Waals surface area (Å²) in [5.74, 6) is 0.200. The van der Waals surface area contributed by atoms with Crippen LogP contribution in [-0.2, 0) is 30.7 Å². The lowest BCUT2D eigenvalue weighted by Crippen LogP contribution is -2.37. The minimum Gasteiger partial charge on any atom is -0.497 e. The first-order valence-corrected chi connectivity index (χ1v) is 10.1. The second-order valence-corrected chi connectivity index (χ2v) is 7.26. The van der Waals surface area contributed by atoms with Gasteiger partial charge in [0.2, 0.25) is 5.91 Å². The number of aryl methyl sites for hydroxylation is 2. The van der Waals surface area contributed by atoms with Crippen LogP contribution in [0.1, 0.15) is 27.3 Å². The summed E-state index contributed by atoms with van der Waals surface area (Å²) in [6.07, 6.45) is 3.25. The minimum absolute atomic E-state index is 0.0375. The SMILES string of the molecule is COc1ccc(CCn2nc(C(=O)O)c3c2CCN(C(=O)CSC)C3)cc1. The summed E-state index contributed by atoms with van der Waals surface area (Å²) in [5.41, 5.74) is 2.78. The summed E-state index contributed by atoms with van der Waals surface area (Å²) in [6.45, 7) is 1.51. The average molecular weight is 389 g/mol. The van der Waals surface area contributed by atoms with Gasteiger partial charge in [-0.15, -0.1) is 0 Å². The fourth-order valence-corrected chi connectivity index (χ4v) is 3.73. The van der Waals surface area contributed by atoms with Crippen molar-refractivity contribution in [1.29, 1.82) is 0 Å². The van der Waals surface area contributed by atoms with Crippen molar-refractivity contribution in [2.75, 3.05) is 25.7 Å². The van der Waals surface area contributed by atoms with Crippen LogP contribution in [0.5, 0.6) is 5.75 Å². The molecule has 0 saturated carbocycles. The number of fused-ring (bicyclic) bond motifs is 1. The fraction of sp³-hybridized carbons (Fsp3) is 0.421. The van der Waals surface area contributed by atoms with Gasteiger partial charge < -0.3 is 14.7 Å². The van der Waals surface area contributed by atoms with Gasteiger partial charge in [0.05, 0.1) is 12.9 Å². The summed E-state index contributed by atoms with van der Waals surface area (Å²) in [6, 6.07) is 7.81. The van der Waals surface area contributed by atoms with Crippen LogP contribution in [0.25, 0.3) is 0 Å². The van der Waals surface area contributed by atoms with Crippen molar-refractivity contribution in [3.63, 3.8) is 0 Å². The Bertz CT molecular complexity index is 832. The summed E-state index contributed by atoms with van der Waals surface area (Å²) in [4.78, 5) is 25.5. The van der Waals surface area contributed by atoms with Gasteiger partial charge in [0.25, 0.3) is 0 Å². The van der Waals surface area contributed by atoms with E-state index < -0.39 is 5.97 Å². The van der Waals surface area contributed by atoms with E-state index in [4.69, 9.17) is 4.74 Å². The van der Waals surface area contributed by atoms with Crippen molar-refractivity contribution < 1.29 is 19.4 Å². The summed E-state index contributed by atoms with van der Waals surface area (Å²) in [5, 5.41) is 13.9. The number of carbonyl (C=O) groups is 2. The van der Waals surface area contributed by atoms with E-state index in [1.54, 1.807) is 16.7 Å². The quantitative estimate of drug-likeness (QED) is 0.780. The molecule has 8 heteroatoms. The molecule has 144 valence electrons. The maximum atomic E-state index is 12.2. The molecule has 7 nitrogen and oxygen atoms in total. The van der Waals surface area contributed by atoms with Crippen molar-refractivity contribution >= 4 is 23.6 Å².